The van der Waals surface area contributed by atoms with Crippen molar-refractivity contribution in [3.8, 4) is 0 Å². The lowest BCUT2D eigenvalue weighted by Gasteiger charge is -2.20. The van der Waals surface area contributed by atoms with E-state index in [0.717, 1.165) is 0 Å². The van der Waals surface area contributed by atoms with E-state index in [1.807, 2.05) is 6.92 Å². The maximum Gasteiger partial charge on any atom is 0.326 e. The molecule has 0 aliphatic heterocycles. The van der Waals surface area contributed by atoms with E-state index in [-0.39, 0.29) is 11.3 Å². The van der Waals surface area contributed by atoms with E-state index in [4.69, 9.17) is 4.42 Å². The van der Waals surface area contributed by atoms with Crippen molar-refractivity contribution in [2.45, 2.75) is 25.8 Å². The summed E-state index contributed by atoms with van der Waals surface area (Å²) in [5.41, 5.74) is 0.578. The first-order valence-corrected chi connectivity index (χ1v) is 7.90. The van der Waals surface area contributed by atoms with Crippen molar-refractivity contribution < 1.29 is 23.9 Å². The molecule has 2 amide bonds. The standard InChI is InChI=1S/C18H20N2O5/c1-3-7-13(18(23)24)19-16(21)12-8-4-5-9-14(12)20(2)17(22)15-10-6-11-25-15/h4-6,8-11,13H,3,7H2,1-2H3,(H,19,21)(H,23,24). The number of nitrogens with one attached hydrogen (secondary N) is 1. The van der Waals surface area contributed by atoms with Crippen LogP contribution in [0.5, 0.6) is 0 Å². The molecule has 0 radical (unpaired) electrons. The van der Waals surface area contributed by atoms with Gasteiger partial charge in [-0.2, -0.15) is 0 Å². The van der Waals surface area contributed by atoms with E-state index in [2.05, 4.69) is 5.32 Å². The number of amides is 2. The van der Waals surface area contributed by atoms with E-state index >= 15 is 0 Å². The Bertz CT molecular complexity index is 755. The van der Waals surface area contributed by atoms with Crippen LogP contribution in [0, 0.1) is 0 Å². The van der Waals surface area contributed by atoms with Gasteiger partial charge in [-0.3, -0.25) is 9.59 Å². The summed E-state index contributed by atoms with van der Waals surface area (Å²) in [5, 5.41) is 11.7. The van der Waals surface area contributed by atoms with Crippen LogP contribution >= 0.6 is 0 Å². The zero-order valence-electron chi connectivity index (χ0n) is 14.1. The molecule has 0 aliphatic carbocycles. The van der Waals surface area contributed by atoms with Gasteiger partial charge in [-0.1, -0.05) is 25.5 Å². The van der Waals surface area contributed by atoms with Crippen LogP contribution in [0.3, 0.4) is 0 Å². The van der Waals surface area contributed by atoms with E-state index in [1.165, 1.54) is 24.3 Å². The number of para-hydroxylation sites is 1. The van der Waals surface area contributed by atoms with Crippen molar-refractivity contribution >= 4 is 23.5 Å². The number of carbonyl (C=O) groups is 3. The fourth-order valence-corrected chi connectivity index (χ4v) is 2.42. The summed E-state index contributed by atoms with van der Waals surface area (Å²) in [6.45, 7) is 1.84. The molecule has 0 bridgehead atoms. The average molecular weight is 344 g/mol. The van der Waals surface area contributed by atoms with Crippen molar-refractivity contribution in [3.63, 3.8) is 0 Å². The van der Waals surface area contributed by atoms with Gasteiger partial charge >= 0.3 is 5.97 Å². The van der Waals surface area contributed by atoms with Crippen molar-refractivity contribution in [2.24, 2.45) is 0 Å². The Morgan fingerprint density at radius 3 is 2.52 bits per heavy atom. The Morgan fingerprint density at radius 1 is 1.20 bits per heavy atom. The molecule has 0 fully saturated rings. The number of benzene rings is 1. The highest BCUT2D eigenvalue weighted by Gasteiger charge is 2.24. The van der Waals surface area contributed by atoms with Gasteiger partial charge < -0.3 is 19.7 Å². The minimum Gasteiger partial charge on any atom is -0.480 e. The van der Waals surface area contributed by atoms with Crippen molar-refractivity contribution in [1.29, 1.82) is 0 Å². The lowest BCUT2D eigenvalue weighted by Crippen LogP contribution is -2.41. The Kier molecular flexibility index (Phi) is 5.94. The lowest BCUT2D eigenvalue weighted by atomic mass is 10.1. The lowest BCUT2D eigenvalue weighted by molar-refractivity contribution is -0.139. The normalized spacial score (nSPS) is 11.6. The number of rotatable bonds is 7. The van der Waals surface area contributed by atoms with Crippen LogP contribution in [-0.4, -0.2) is 36.0 Å². The summed E-state index contributed by atoms with van der Waals surface area (Å²) in [6.07, 6.45) is 2.34. The van der Waals surface area contributed by atoms with Crippen LogP contribution in [-0.2, 0) is 4.79 Å². The van der Waals surface area contributed by atoms with Gasteiger partial charge in [0.25, 0.3) is 11.8 Å². The fourth-order valence-electron chi connectivity index (χ4n) is 2.42. The third kappa shape index (κ3) is 4.26. The molecule has 7 nitrogen and oxygen atoms in total. The first-order chi connectivity index (χ1) is 12.0. The molecule has 0 saturated heterocycles. The van der Waals surface area contributed by atoms with Gasteiger partial charge in [-0.15, -0.1) is 0 Å². The smallest absolute Gasteiger partial charge is 0.326 e. The molecule has 1 atom stereocenters. The predicted octanol–water partition coefficient (Wildman–Crippen LogP) is 2.54. The molecule has 7 heteroatoms. The topological polar surface area (TPSA) is 99.9 Å². The van der Waals surface area contributed by atoms with Crippen LogP contribution in [0.1, 0.15) is 40.7 Å². The highest BCUT2D eigenvalue weighted by Crippen LogP contribution is 2.21. The zero-order chi connectivity index (χ0) is 18.4. The molecule has 1 aromatic heterocycles. The van der Waals surface area contributed by atoms with Gasteiger partial charge in [0.05, 0.1) is 17.5 Å². The van der Waals surface area contributed by atoms with Crippen LogP contribution in [0.4, 0.5) is 5.69 Å². The molecule has 2 N–H and O–H groups in total. The minimum absolute atomic E-state index is 0.145. The number of nitrogens with zero attached hydrogens (tertiary/aromatic N) is 1. The molecule has 0 aliphatic rings. The molecule has 132 valence electrons. The quantitative estimate of drug-likeness (QED) is 0.804. The van der Waals surface area contributed by atoms with Crippen molar-refractivity contribution in [2.75, 3.05) is 11.9 Å². The van der Waals surface area contributed by atoms with Gasteiger partial charge in [-0.25, -0.2) is 4.79 Å². The van der Waals surface area contributed by atoms with Crippen LogP contribution in [0.15, 0.2) is 47.1 Å². The molecule has 2 rings (SSSR count). The fraction of sp³-hybridized carbons (Fsp3) is 0.278. The SMILES string of the molecule is CCCC(NC(=O)c1ccccc1N(C)C(=O)c1ccco1)C(=O)O. The van der Waals surface area contributed by atoms with Gasteiger partial charge in [0.2, 0.25) is 0 Å². The van der Waals surface area contributed by atoms with Crippen molar-refractivity contribution in [1.82, 2.24) is 5.32 Å². The third-order valence-electron chi connectivity index (χ3n) is 3.73. The number of carboxylic acid groups (broad SMARTS) is 1. The van der Waals surface area contributed by atoms with Gasteiger partial charge in [0.15, 0.2) is 5.76 Å². The number of hydrogen-bond acceptors (Lipinski definition) is 4. The van der Waals surface area contributed by atoms with Gasteiger partial charge in [0.1, 0.15) is 6.04 Å². The van der Waals surface area contributed by atoms with Crippen LogP contribution < -0.4 is 10.2 Å². The molecule has 25 heavy (non-hydrogen) atoms. The number of carboxylic acids is 1. The number of aliphatic carboxylic acids is 1. The highest BCUT2D eigenvalue weighted by molar-refractivity contribution is 6.09. The average Bonchev–Trinajstić information content (AvgIpc) is 3.14. The Morgan fingerprint density at radius 2 is 1.92 bits per heavy atom. The second kappa shape index (κ2) is 8.14. The molecule has 1 heterocycles. The molecule has 0 saturated carbocycles. The van der Waals surface area contributed by atoms with Crippen molar-refractivity contribution in [3.05, 3.63) is 54.0 Å². The second-order valence-corrected chi connectivity index (χ2v) is 5.51. The predicted molar refractivity (Wildman–Crippen MR) is 91.7 cm³/mol. The summed E-state index contributed by atoms with van der Waals surface area (Å²) < 4.78 is 5.10. The number of anilines is 1. The largest absolute Gasteiger partial charge is 0.480 e. The zero-order valence-corrected chi connectivity index (χ0v) is 14.1. The summed E-state index contributed by atoms with van der Waals surface area (Å²) in [6, 6.07) is 8.66. The van der Waals surface area contributed by atoms with Gasteiger partial charge in [0, 0.05) is 7.05 Å². The molecule has 1 unspecified atom stereocenters. The molecular weight excluding hydrogens is 324 g/mol. The van der Waals surface area contributed by atoms with E-state index in [9.17, 15) is 19.5 Å². The van der Waals surface area contributed by atoms with E-state index in [0.29, 0.717) is 18.5 Å². The summed E-state index contributed by atoms with van der Waals surface area (Å²) in [7, 11) is 1.53. The first-order valence-electron chi connectivity index (χ1n) is 7.90. The number of carbonyl (C=O) groups excluding carboxylic acids is 2. The Labute approximate surface area is 145 Å². The summed E-state index contributed by atoms with van der Waals surface area (Å²) >= 11 is 0. The third-order valence-corrected chi connectivity index (χ3v) is 3.73. The monoisotopic (exact) mass is 344 g/mol. The summed E-state index contributed by atoms with van der Waals surface area (Å²) in [4.78, 5) is 37.5. The Balaban J connectivity index is 2.26. The van der Waals surface area contributed by atoms with Gasteiger partial charge in [-0.05, 0) is 30.7 Å². The molecule has 2 aromatic rings. The van der Waals surface area contributed by atoms with E-state index < -0.39 is 23.8 Å². The first kappa shape index (κ1) is 18.3. The second-order valence-electron chi connectivity index (χ2n) is 5.51. The number of furan rings is 1. The maximum absolute atomic E-state index is 12.5. The summed E-state index contributed by atoms with van der Waals surface area (Å²) in [5.74, 6) is -1.90. The maximum atomic E-state index is 12.5. The Hall–Kier alpha value is -3.09. The minimum atomic E-state index is -1.09. The van der Waals surface area contributed by atoms with Crippen LogP contribution in [0.25, 0.3) is 0 Å². The molecule has 0 spiro atoms. The van der Waals surface area contributed by atoms with E-state index in [1.54, 1.807) is 30.3 Å². The molecular formula is C18H20N2O5. The molecule has 1 aromatic carbocycles. The van der Waals surface area contributed by atoms with Crippen LogP contribution in [0.2, 0.25) is 0 Å². The number of hydrogen-bond donors (Lipinski definition) is 2. The highest BCUT2D eigenvalue weighted by atomic mass is 16.4.